The van der Waals surface area contributed by atoms with Gasteiger partial charge in [-0.15, -0.1) is 0 Å². The molecule has 0 unspecified atom stereocenters. The second kappa shape index (κ2) is 7.84. The Bertz CT molecular complexity index is 589. The molecular weight excluding hydrogens is 264 g/mol. The van der Waals surface area contributed by atoms with Crippen LogP contribution < -0.4 is 5.32 Å². The van der Waals surface area contributed by atoms with Gasteiger partial charge in [0.1, 0.15) is 6.54 Å². The van der Waals surface area contributed by atoms with Gasteiger partial charge in [-0.3, -0.25) is 4.79 Å². The lowest BCUT2D eigenvalue weighted by Gasteiger charge is -2.10. The predicted octanol–water partition coefficient (Wildman–Crippen LogP) is 3.09. The van der Waals surface area contributed by atoms with Gasteiger partial charge in [-0.2, -0.15) is 0 Å². The molecule has 1 aromatic carbocycles. The molecule has 0 aliphatic rings. The second-order valence-electron chi connectivity index (χ2n) is 5.15. The Morgan fingerprint density at radius 3 is 2.90 bits per heavy atom. The molecule has 0 atom stereocenters. The highest BCUT2D eigenvalue weighted by Gasteiger charge is 2.10. The number of benzene rings is 1. The van der Waals surface area contributed by atoms with Crippen LogP contribution in [0.4, 0.5) is 0 Å². The van der Waals surface area contributed by atoms with Gasteiger partial charge in [0.15, 0.2) is 0 Å². The minimum atomic E-state index is -0.167. The number of hydrogen-bond donors (Lipinski definition) is 1. The summed E-state index contributed by atoms with van der Waals surface area (Å²) >= 11 is 0. The molecule has 0 amide bonds. The normalized spacial score (nSPS) is 11.0. The molecule has 0 radical (unpaired) electrons. The molecule has 0 saturated carbocycles. The second-order valence-corrected chi connectivity index (χ2v) is 5.15. The molecule has 0 fully saturated rings. The molecule has 1 N–H and O–H groups in total. The lowest BCUT2D eigenvalue weighted by Crippen LogP contribution is -2.16. The summed E-state index contributed by atoms with van der Waals surface area (Å²) < 4.78 is 7.23. The monoisotopic (exact) mass is 288 g/mol. The number of carbonyl (C=O) groups is 1. The average Bonchev–Trinajstić information content (AvgIpc) is 2.89. The number of rotatable bonds is 8. The molecule has 0 aliphatic carbocycles. The van der Waals surface area contributed by atoms with Crippen LogP contribution in [0.15, 0.2) is 30.5 Å². The van der Waals surface area contributed by atoms with Crippen LogP contribution in [-0.4, -0.2) is 23.7 Å². The van der Waals surface area contributed by atoms with E-state index in [4.69, 9.17) is 4.74 Å². The van der Waals surface area contributed by atoms with E-state index in [0.717, 1.165) is 36.8 Å². The Balaban J connectivity index is 2.14. The molecule has 114 valence electrons. The Morgan fingerprint density at radius 2 is 2.14 bits per heavy atom. The van der Waals surface area contributed by atoms with Crippen LogP contribution in [0, 0.1) is 0 Å². The van der Waals surface area contributed by atoms with E-state index in [1.54, 1.807) is 0 Å². The zero-order valence-corrected chi connectivity index (χ0v) is 12.9. The standard InChI is InChI=1S/C17H24N2O2/c1-3-5-11-21-16(20)13-19-10-9-14-7-6-8-15(17(14)19)12-18-4-2/h6-10,18H,3-5,11-13H2,1-2H3. The minimum Gasteiger partial charge on any atom is -0.464 e. The quantitative estimate of drug-likeness (QED) is 0.599. The number of fused-ring (bicyclic) bond motifs is 1. The van der Waals surface area contributed by atoms with E-state index < -0.39 is 0 Å². The Morgan fingerprint density at radius 1 is 1.29 bits per heavy atom. The van der Waals surface area contributed by atoms with Crippen molar-refractivity contribution >= 4 is 16.9 Å². The highest BCUT2D eigenvalue weighted by Crippen LogP contribution is 2.20. The van der Waals surface area contributed by atoms with Crippen molar-refractivity contribution in [2.75, 3.05) is 13.2 Å². The molecule has 0 bridgehead atoms. The van der Waals surface area contributed by atoms with Gasteiger partial charge in [-0.25, -0.2) is 0 Å². The van der Waals surface area contributed by atoms with Crippen LogP contribution in [0.25, 0.3) is 10.9 Å². The lowest BCUT2D eigenvalue weighted by atomic mass is 10.1. The molecule has 0 aliphatic heterocycles. The molecule has 4 nitrogen and oxygen atoms in total. The first-order valence-electron chi connectivity index (χ1n) is 7.69. The fourth-order valence-corrected chi connectivity index (χ4v) is 2.39. The highest BCUT2D eigenvalue weighted by molar-refractivity contribution is 5.85. The fourth-order valence-electron chi connectivity index (χ4n) is 2.39. The van der Waals surface area contributed by atoms with Gasteiger partial charge in [-0.1, -0.05) is 38.5 Å². The number of unbranched alkanes of at least 4 members (excludes halogenated alkanes) is 1. The van der Waals surface area contributed by atoms with E-state index in [1.807, 2.05) is 16.8 Å². The van der Waals surface area contributed by atoms with Crippen molar-refractivity contribution in [2.45, 2.75) is 39.8 Å². The molecule has 4 heteroatoms. The van der Waals surface area contributed by atoms with E-state index in [2.05, 4.69) is 37.4 Å². The third kappa shape index (κ3) is 4.08. The number of ether oxygens (including phenoxy) is 1. The van der Waals surface area contributed by atoms with Crippen molar-refractivity contribution in [3.63, 3.8) is 0 Å². The molecule has 2 aromatic rings. The SMILES string of the molecule is CCCCOC(=O)Cn1ccc2cccc(CNCC)c21. The van der Waals surface area contributed by atoms with Crippen molar-refractivity contribution in [1.29, 1.82) is 0 Å². The van der Waals surface area contributed by atoms with Crippen molar-refractivity contribution in [2.24, 2.45) is 0 Å². The predicted molar refractivity (Wildman–Crippen MR) is 85.2 cm³/mol. The van der Waals surface area contributed by atoms with Crippen molar-refractivity contribution < 1.29 is 9.53 Å². The molecule has 0 spiro atoms. The van der Waals surface area contributed by atoms with Gasteiger partial charge in [-0.05, 0) is 30.0 Å². The Kier molecular flexibility index (Phi) is 5.81. The summed E-state index contributed by atoms with van der Waals surface area (Å²) in [7, 11) is 0. The Labute approximate surface area is 126 Å². The van der Waals surface area contributed by atoms with Crippen LogP contribution in [0.3, 0.4) is 0 Å². The van der Waals surface area contributed by atoms with E-state index >= 15 is 0 Å². The van der Waals surface area contributed by atoms with Gasteiger partial charge in [0.25, 0.3) is 0 Å². The summed E-state index contributed by atoms with van der Waals surface area (Å²) in [6, 6.07) is 8.27. The minimum absolute atomic E-state index is 0.167. The number of para-hydroxylation sites is 1. The largest absolute Gasteiger partial charge is 0.464 e. The first kappa shape index (κ1) is 15.6. The topological polar surface area (TPSA) is 43.3 Å². The first-order valence-corrected chi connectivity index (χ1v) is 7.69. The fraction of sp³-hybridized carbons (Fsp3) is 0.471. The summed E-state index contributed by atoms with van der Waals surface area (Å²) in [4.78, 5) is 11.9. The lowest BCUT2D eigenvalue weighted by molar-refractivity contribution is -0.144. The van der Waals surface area contributed by atoms with Gasteiger partial charge < -0.3 is 14.6 Å². The zero-order valence-electron chi connectivity index (χ0n) is 12.9. The molecule has 2 rings (SSSR count). The van der Waals surface area contributed by atoms with Gasteiger partial charge in [0, 0.05) is 12.7 Å². The zero-order chi connectivity index (χ0) is 15.1. The first-order chi connectivity index (χ1) is 10.3. The molecular formula is C17H24N2O2. The summed E-state index contributed by atoms with van der Waals surface area (Å²) in [5.74, 6) is -0.167. The molecule has 0 saturated heterocycles. The number of aromatic nitrogens is 1. The number of carbonyl (C=O) groups excluding carboxylic acids is 1. The summed E-state index contributed by atoms with van der Waals surface area (Å²) in [5, 5.41) is 4.50. The van der Waals surface area contributed by atoms with E-state index in [1.165, 1.54) is 5.56 Å². The Hall–Kier alpha value is -1.81. The maximum Gasteiger partial charge on any atom is 0.325 e. The molecule has 21 heavy (non-hydrogen) atoms. The molecule has 1 heterocycles. The summed E-state index contributed by atoms with van der Waals surface area (Å²) in [6.07, 6.45) is 3.91. The summed E-state index contributed by atoms with van der Waals surface area (Å²) in [6.45, 7) is 6.69. The van der Waals surface area contributed by atoms with Crippen molar-refractivity contribution in [1.82, 2.24) is 9.88 Å². The van der Waals surface area contributed by atoms with E-state index in [-0.39, 0.29) is 12.5 Å². The van der Waals surface area contributed by atoms with Crippen LogP contribution in [0.1, 0.15) is 32.3 Å². The number of esters is 1. The maximum atomic E-state index is 11.9. The maximum absolute atomic E-state index is 11.9. The van der Waals surface area contributed by atoms with Gasteiger partial charge >= 0.3 is 5.97 Å². The smallest absolute Gasteiger partial charge is 0.325 e. The van der Waals surface area contributed by atoms with Crippen LogP contribution in [0.5, 0.6) is 0 Å². The van der Waals surface area contributed by atoms with E-state index in [9.17, 15) is 4.79 Å². The van der Waals surface area contributed by atoms with Crippen LogP contribution in [0.2, 0.25) is 0 Å². The number of hydrogen-bond acceptors (Lipinski definition) is 3. The number of nitrogens with zero attached hydrogens (tertiary/aromatic N) is 1. The molecule has 1 aromatic heterocycles. The van der Waals surface area contributed by atoms with Crippen LogP contribution >= 0.6 is 0 Å². The third-order valence-electron chi connectivity index (χ3n) is 3.50. The van der Waals surface area contributed by atoms with Gasteiger partial charge in [0.2, 0.25) is 0 Å². The average molecular weight is 288 g/mol. The highest BCUT2D eigenvalue weighted by atomic mass is 16.5. The summed E-state index contributed by atoms with van der Waals surface area (Å²) in [5.41, 5.74) is 2.33. The van der Waals surface area contributed by atoms with Crippen LogP contribution in [-0.2, 0) is 22.6 Å². The van der Waals surface area contributed by atoms with Gasteiger partial charge in [0.05, 0.1) is 12.1 Å². The third-order valence-corrected chi connectivity index (χ3v) is 3.50. The van der Waals surface area contributed by atoms with E-state index in [0.29, 0.717) is 6.61 Å². The number of nitrogens with one attached hydrogen (secondary N) is 1. The van der Waals surface area contributed by atoms with Crippen molar-refractivity contribution in [3.8, 4) is 0 Å². The van der Waals surface area contributed by atoms with Crippen molar-refractivity contribution in [3.05, 3.63) is 36.0 Å².